The molecule has 0 bridgehead atoms. The summed E-state index contributed by atoms with van der Waals surface area (Å²) in [6, 6.07) is 5.53. The normalized spacial score (nSPS) is 14.5. The topological polar surface area (TPSA) is 73.6 Å². The molecule has 6 heteroatoms. The van der Waals surface area contributed by atoms with Crippen LogP contribution >= 0.6 is 0 Å². The number of aromatic nitrogens is 1. The summed E-state index contributed by atoms with van der Waals surface area (Å²) in [6.07, 6.45) is 4.48. The molecule has 0 saturated heterocycles. The molecule has 0 aliphatic heterocycles. The average molecular weight is 344 g/mol. The maximum absolute atomic E-state index is 12.4. The second-order valence-electron chi connectivity index (χ2n) is 6.41. The fraction of sp³-hybridized carbons (Fsp3) is 0.474. The molecule has 3 rings (SSSR count). The third kappa shape index (κ3) is 3.95. The number of ether oxygens (including phenoxy) is 2. The minimum Gasteiger partial charge on any atom is -0.493 e. The molecule has 134 valence electrons. The van der Waals surface area contributed by atoms with Crippen LogP contribution in [-0.2, 0) is 6.61 Å². The van der Waals surface area contributed by atoms with Crippen molar-refractivity contribution in [1.82, 2.24) is 10.5 Å². The van der Waals surface area contributed by atoms with Crippen molar-refractivity contribution in [2.24, 2.45) is 0 Å². The zero-order valence-electron chi connectivity index (χ0n) is 14.9. The molecule has 2 aromatic rings. The molecule has 1 aliphatic carbocycles. The molecule has 0 radical (unpaired) electrons. The highest BCUT2D eigenvalue weighted by Gasteiger charge is 2.19. The molecule has 1 fully saturated rings. The molecular weight excluding hydrogens is 320 g/mol. The fourth-order valence-corrected chi connectivity index (χ4v) is 3.12. The number of carbonyl (C=O) groups excluding carboxylic acids is 1. The molecule has 6 nitrogen and oxygen atoms in total. The molecule has 1 heterocycles. The average Bonchev–Trinajstić information content (AvgIpc) is 3.23. The van der Waals surface area contributed by atoms with Crippen LogP contribution in [0.1, 0.15) is 53.1 Å². The van der Waals surface area contributed by atoms with Crippen LogP contribution in [0, 0.1) is 13.8 Å². The maximum atomic E-state index is 12.4. The predicted octanol–water partition coefficient (Wildman–Crippen LogP) is 3.55. The minimum atomic E-state index is -0.0672. The monoisotopic (exact) mass is 344 g/mol. The standard InChI is InChI=1S/C19H24N2O4/c1-12-16(13(2)25-21-12)11-24-17-9-8-14(10-18(17)23-3)19(22)20-15-6-4-5-7-15/h8-10,15H,4-7,11H2,1-3H3,(H,20,22). The van der Waals surface area contributed by atoms with Crippen molar-refractivity contribution in [3.05, 3.63) is 40.8 Å². The van der Waals surface area contributed by atoms with Crippen LogP contribution in [0.5, 0.6) is 11.5 Å². The quantitative estimate of drug-likeness (QED) is 0.867. The van der Waals surface area contributed by atoms with E-state index in [9.17, 15) is 4.79 Å². The van der Waals surface area contributed by atoms with Crippen LogP contribution in [0.15, 0.2) is 22.7 Å². The third-order valence-corrected chi connectivity index (χ3v) is 4.67. The van der Waals surface area contributed by atoms with Gasteiger partial charge in [-0.05, 0) is 44.9 Å². The maximum Gasteiger partial charge on any atom is 0.251 e. The number of nitrogens with zero attached hydrogens (tertiary/aromatic N) is 1. The summed E-state index contributed by atoms with van der Waals surface area (Å²) in [5, 5.41) is 7.00. The van der Waals surface area contributed by atoms with Crippen molar-refractivity contribution in [2.75, 3.05) is 7.11 Å². The van der Waals surface area contributed by atoms with Gasteiger partial charge in [-0.3, -0.25) is 4.79 Å². The smallest absolute Gasteiger partial charge is 0.251 e. The third-order valence-electron chi connectivity index (χ3n) is 4.67. The van der Waals surface area contributed by atoms with Gasteiger partial charge in [-0.15, -0.1) is 0 Å². The van der Waals surface area contributed by atoms with E-state index in [1.165, 1.54) is 12.8 Å². The molecule has 0 atom stereocenters. The minimum absolute atomic E-state index is 0.0672. The van der Waals surface area contributed by atoms with Crippen molar-refractivity contribution >= 4 is 5.91 Å². The van der Waals surface area contributed by atoms with Gasteiger partial charge in [0.25, 0.3) is 5.91 Å². The van der Waals surface area contributed by atoms with Crippen LogP contribution in [0.25, 0.3) is 0 Å². The highest BCUT2D eigenvalue weighted by Crippen LogP contribution is 2.30. The van der Waals surface area contributed by atoms with Crippen LogP contribution in [-0.4, -0.2) is 24.2 Å². The van der Waals surface area contributed by atoms with Crippen molar-refractivity contribution in [3.63, 3.8) is 0 Å². The number of aryl methyl sites for hydroxylation is 2. The molecule has 1 aromatic carbocycles. The molecule has 0 spiro atoms. The Morgan fingerprint density at radius 2 is 2.04 bits per heavy atom. The van der Waals surface area contributed by atoms with E-state index in [2.05, 4.69) is 10.5 Å². The predicted molar refractivity (Wildman–Crippen MR) is 93.0 cm³/mol. The number of methoxy groups -OCH3 is 1. The number of benzene rings is 1. The number of rotatable bonds is 6. The lowest BCUT2D eigenvalue weighted by Gasteiger charge is -2.14. The Bertz CT molecular complexity index is 728. The van der Waals surface area contributed by atoms with E-state index in [4.69, 9.17) is 14.0 Å². The van der Waals surface area contributed by atoms with Crippen LogP contribution in [0.4, 0.5) is 0 Å². The molecule has 25 heavy (non-hydrogen) atoms. The number of nitrogens with one attached hydrogen (secondary N) is 1. The van der Waals surface area contributed by atoms with E-state index in [-0.39, 0.29) is 11.9 Å². The van der Waals surface area contributed by atoms with Crippen molar-refractivity contribution in [3.8, 4) is 11.5 Å². The molecule has 1 N–H and O–H groups in total. The Balaban J connectivity index is 1.69. The molecule has 1 aliphatic rings. The van der Waals surface area contributed by atoms with Gasteiger partial charge in [0.15, 0.2) is 11.5 Å². The Kier molecular flexibility index (Phi) is 5.26. The van der Waals surface area contributed by atoms with E-state index in [0.29, 0.717) is 23.7 Å². The van der Waals surface area contributed by atoms with Gasteiger partial charge >= 0.3 is 0 Å². The van der Waals surface area contributed by atoms with Gasteiger partial charge in [-0.2, -0.15) is 0 Å². The lowest BCUT2D eigenvalue weighted by atomic mass is 10.1. The first-order chi connectivity index (χ1) is 12.1. The van der Waals surface area contributed by atoms with E-state index in [1.54, 1.807) is 25.3 Å². The van der Waals surface area contributed by atoms with Gasteiger partial charge in [0.1, 0.15) is 12.4 Å². The molecule has 1 amide bonds. The van der Waals surface area contributed by atoms with Gasteiger partial charge in [0.2, 0.25) is 0 Å². The van der Waals surface area contributed by atoms with E-state index in [1.807, 2.05) is 13.8 Å². The Hall–Kier alpha value is -2.50. The summed E-state index contributed by atoms with van der Waals surface area (Å²) in [5.74, 6) is 1.79. The number of amides is 1. The highest BCUT2D eigenvalue weighted by molar-refractivity contribution is 5.95. The van der Waals surface area contributed by atoms with Crippen LogP contribution in [0.3, 0.4) is 0 Å². The first-order valence-electron chi connectivity index (χ1n) is 8.62. The largest absolute Gasteiger partial charge is 0.493 e. The van der Waals surface area contributed by atoms with Crippen molar-refractivity contribution in [1.29, 1.82) is 0 Å². The van der Waals surface area contributed by atoms with Gasteiger partial charge in [-0.25, -0.2) is 0 Å². The molecule has 1 aromatic heterocycles. The van der Waals surface area contributed by atoms with Gasteiger partial charge in [-0.1, -0.05) is 18.0 Å². The van der Waals surface area contributed by atoms with Crippen molar-refractivity contribution < 1.29 is 18.8 Å². The Labute approximate surface area is 147 Å². The summed E-state index contributed by atoms with van der Waals surface area (Å²) in [4.78, 5) is 12.4. The van der Waals surface area contributed by atoms with Gasteiger partial charge < -0.3 is 19.3 Å². The summed E-state index contributed by atoms with van der Waals surface area (Å²) in [7, 11) is 1.57. The van der Waals surface area contributed by atoms with Gasteiger partial charge in [0, 0.05) is 11.6 Å². The lowest BCUT2D eigenvalue weighted by Crippen LogP contribution is -2.32. The second-order valence-corrected chi connectivity index (χ2v) is 6.41. The molecule has 0 unspecified atom stereocenters. The van der Waals surface area contributed by atoms with Crippen LogP contribution < -0.4 is 14.8 Å². The second kappa shape index (κ2) is 7.59. The molecular formula is C19H24N2O4. The summed E-state index contributed by atoms with van der Waals surface area (Å²) >= 11 is 0. The lowest BCUT2D eigenvalue weighted by molar-refractivity contribution is 0.0937. The first-order valence-corrected chi connectivity index (χ1v) is 8.62. The summed E-state index contributed by atoms with van der Waals surface area (Å²) in [5.41, 5.74) is 2.31. The molecule has 1 saturated carbocycles. The first kappa shape index (κ1) is 17.3. The number of carbonyl (C=O) groups is 1. The highest BCUT2D eigenvalue weighted by atomic mass is 16.5. The SMILES string of the molecule is COc1cc(C(=O)NC2CCCC2)ccc1OCc1c(C)noc1C. The summed E-state index contributed by atoms with van der Waals surface area (Å²) < 4.78 is 16.4. The number of hydrogen-bond acceptors (Lipinski definition) is 5. The van der Waals surface area contributed by atoms with Crippen molar-refractivity contribution in [2.45, 2.75) is 52.2 Å². The zero-order valence-corrected chi connectivity index (χ0v) is 14.9. The van der Waals surface area contributed by atoms with E-state index < -0.39 is 0 Å². The fourth-order valence-electron chi connectivity index (χ4n) is 3.12. The zero-order chi connectivity index (χ0) is 17.8. The Morgan fingerprint density at radius 3 is 2.68 bits per heavy atom. The summed E-state index contributed by atoms with van der Waals surface area (Å²) in [6.45, 7) is 4.07. The van der Waals surface area contributed by atoms with E-state index in [0.717, 1.165) is 29.9 Å². The Morgan fingerprint density at radius 1 is 1.28 bits per heavy atom. The van der Waals surface area contributed by atoms with E-state index >= 15 is 0 Å². The number of hydrogen-bond donors (Lipinski definition) is 1. The van der Waals surface area contributed by atoms with Gasteiger partial charge in [0.05, 0.1) is 18.4 Å². The van der Waals surface area contributed by atoms with Crippen LogP contribution in [0.2, 0.25) is 0 Å².